The lowest BCUT2D eigenvalue weighted by Gasteiger charge is -2.08. The summed E-state index contributed by atoms with van der Waals surface area (Å²) in [7, 11) is 0. The van der Waals surface area contributed by atoms with Crippen molar-refractivity contribution in [3.8, 4) is 0 Å². The molecule has 1 saturated heterocycles. The van der Waals surface area contributed by atoms with Gasteiger partial charge in [-0.2, -0.15) is 5.10 Å². The first-order valence-corrected chi connectivity index (χ1v) is 4.88. The van der Waals surface area contributed by atoms with Crippen molar-refractivity contribution in [2.75, 3.05) is 13.2 Å². The van der Waals surface area contributed by atoms with Crippen LogP contribution in [-0.2, 0) is 4.74 Å². The molecule has 1 aromatic rings. The summed E-state index contributed by atoms with van der Waals surface area (Å²) in [5.74, 6) is 0. The average Bonchev–Trinajstić information content (AvgIpc) is 2.80. The van der Waals surface area contributed by atoms with E-state index in [0.717, 1.165) is 13.2 Å². The quantitative estimate of drug-likeness (QED) is 0.569. The highest BCUT2D eigenvalue weighted by Crippen LogP contribution is 2.02. The first kappa shape index (κ1) is 17.0. The predicted octanol–water partition coefficient (Wildman–Crippen LogP) is 2.87. The number of nitrogens with zero attached hydrogens (tertiary/aromatic N) is 1. The van der Waals surface area contributed by atoms with Gasteiger partial charge in [0.05, 0.1) is 0 Å². The summed E-state index contributed by atoms with van der Waals surface area (Å²) in [5, 5.41) is 12.3. The fourth-order valence-corrected chi connectivity index (χ4v) is 0.902. The van der Waals surface area contributed by atoms with Crippen molar-refractivity contribution in [1.82, 2.24) is 10.2 Å². The van der Waals surface area contributed by atoms with Crippen LogP contribution in [0.25, 0.3) is 0 Å². The summed E-state index contributed by atoms with van der Waals surface area (Å²) in [6.45, 7) is 3.67. The van der Waals surface area contributed by atoms with Crippen LogP contribution in [0.4, 0.5) is 0 Å². The fraction of sp³-hybridized carbons (Fsp3) is 0.600. The van der Waals surface area contributed by atoms with Crippen molar-refractivity contribution in [1.29, 1.82) is 5.41 Å². The maximum Gasteiger partial charge on any atom is 0.0487 e. The van der Waals surface area contributed by atoms with Crippen LogP contribution < -0.4 is 0 Å². The third kappa shape index (κ3) is 16.3. The molecule has 0 atom stereocenters. The number of hydrogen-bond donors (Lipinski definition) is 2. The van der Waals surface area contributed by atoms with E-state index in [2.05, 4.69) is 10.2 Å². The molecule has 1 aliphatic rings. The Bertz CT molecular complexity index is 160. The van der Waals surface area contributed by atoms with Gasteiger partial charge in [-0.3, -0.25) is 5.10 Å². The van der Waals surface area contributed by atoms with Crippen LogP contribution in [0.5, 0.6) is 0 Å². The Labute approximate surface area is 108 Å². The monoisotopic (exact) mass is 325 g/mol. The second-order valence-corrected chi connectivity index (χ2v) is 2.73. The lowest BCUT2D eigenvalue weighted by Crippen LogP contribution is -2.03. The number of H-pyrrole nitrogens is 1. The van der Waals surface area contributed by atoms with E-state index in [4.69, 9.17) is 10.1 Å². The van der Waals surface area contributed by atoms with E-state index in [9.17, 15) is 0 Å². The van der Waals surface area contributed by atoms with Crippen LogP contribution in [0, 0.1) is 5.41 Å². The van der Waals surface area contributed by atoms with Gasteiger partial charge in [-0.1, -0.05) is 0 Å². The van der Waals surface area contributed by atoms with E-state index in [-0.39, 0.29) is 24.0 Å². The van der Waals surface area contributed by atoms with Crippen molar-refractivity contribution >= 4 is 30.2 Å². The molecule has 0 bridgehead atoms. The number of hydrogen-bond acceptors (Lipinski definition) is 3. The van der Waals surface area contributed by atoms with Gasteiger partial charge in [0.15, 0.2) is 0 Å². The second-order valence-electron chi connectivity index (χ2n) is 2.73. The van der Waals surface area contributed by atoms with Crippen molar-refractivity contribution < 1.29 is 4.74 Å². The molecule has 2 rings (SSSR count). The van der Waals surface area contributed by atoms with Crippen LogP contribution in [0.2, 0.25) is 0 Å². The van der Waals surface area contributed by atoms with Gasteiger partial charge in [0.2, 0.25) is 0 Å². The van der Waals surface area contributed by atoms with E-state index < -0.39 is 0 Å². The maximum atomic E-state index is 6.08. The zero-order valence-electron chi connectivity index (χ0n) is 9.11. The molecule has 1 aromatic heterocycles. The average molecular weight is 325 g/mol. The third-order valence-corrected chi connectivity index (χ3v) is 1.48. The Morgan fingerprint density at radius 3 is 2.07 bits per heavy atom. The van der Waals surface area contributed by atoms with Crippen LogP contribution in [0.1, 0.15) is 26.2 Å². The van der Waals surface area contributed by atoms with Gasteiger partial charge < -0.3 is 10.1 Å². The summed E-state index contributed by atoms with van der Waals surface area (Å²) in [5.41, 5.74) is 0. The molecule has 1 aliphatic heterocycles. The van der Waals surface area contributed by atoms with Gasteiger partial charge in [0.25, 0.3) is 0 Å². The molecule has 1 fully saturated rings. The standard InChI is InChI=1S/C5H10O.C3H4N2.C2H5N.HI/c1-2-4-6-5-3-1;1-2-4-5-3-1;1-2-3;/h1-5H2;1-3H,(H,4,5);2-3H,1H3;1H. The van der Waals surface area contributed by atoms with Gasteiger partial charge in [0.1, 0.15) is 0 Å². The highest BCUT2D eigenvalue weighted by molar-refractivity contribution is 14.0. The lowest BCUT2D eigenvalue weighted by molar-refractivity contribution is 0.0968. The van der Waals surface area contributed by atoms with Crippen LogP contribution in [0.15, 0.2) is 18.5 Å². The summed E-state index contributed by atoms with van der Waals surface area (Å²) >= 11 is 0. The van der Waals surface area contributed by atoms with Crippen molar-refractivity contribution in [2.24, 2.45) is 0 Å². The number of rotatable bonds is 0. The Morgan fingerprint density at radius 1 is 1.33 bits per heavy atom. The Balaban J connectivity index is 0. The van der Waals surface area contributed by atoms with Crippen LogP contribution in [-0.4, -0.2) is 29.6 Å². The Kier molecular flexibility index (Phi) is 18.1. The minimum atomic E-state index is 0. The first-order chi connectivity index (χ1) is 6.91. The number of nitrogens with one attached hydrogen (secondary N) is 2. The third-order valence-electron chi connectivity index (χ3n) is 1.48. The molecule has 0 aliphatic carbocycles. The molecule has 15 heavy (non-hydrogen) atoms. The van der Waals surface area contributed by atoms with E-state index in [1.165, 1.54) is 25.5 Å². The molecule has 0 aromatic carbocycles. The number of aromatic nitrogens is 2. The lowest BCUT2D eigenvalue weighted by atomic mass is 10.2. The second kappa shape index (κ2) is 16.0. The SMILES string of the molecule is C1CCOCC1.CC=N.I.c1cn[nH]c1. The zero-order valence-corrected chi connectivity index (χ0v) is 11.4. The minimum Gasteiger partial charge on any atom is -0.381 e. The summed E-state index contributed by atoms with van der Waals surface area (Å²) in [4.78, 5) is 0. The summed E-state index contributed by atoms with van der Waals surface area (Å²) < 4.78 is 5.07. The Hall–Kier alpha value is -0.430. The maximum absolute atomic E-state index is 6.08. The van der Waals surface area contributed by atoms with E-state index in [1.807, 2.05) is 6.07 Å². The van der Waals surface area contributed by atoms with Crippen molar-refractivity contribution in [2.45, 2.75) is 26.2 Å². The van der Waals surface area contributed by atoms with Gasteiger partial charge in [-0.25, -0.2) is 0 Å². The van der Waals surface area contributed by atoms with Gasteiger partial charge in [-0.15, -0.1) is 24.0 Å². The molecule has 5 heteroatoms. The molecule has 2 heterocycles. The molecule has 0 unspecified atom stereocenters. The fourth-order valence-electron chi connectivity index (χ4n) is 0.902. The van der Waals surface area contributed by atoms with Crippen LogP contribution in [0.3, 0.4) is 0 Å². The molecule has 0 saturated carbocycles. The Morgan fingerprint density at radius 2 is 1.93 bits per heavy atom. The van der Waals surface area contributed by atoms with Crippen molar-refractivity contribution in [3.05, 3.63) is 18.5 Å². The largest absolute Gasteiger partial charge is 0.381 e. The molecule has 0 radical (unpaired) electrons. The molecule has 0 amide bonds. The molecule has 88 valence electrons. The molecular weight excluding hydrogens is 305 g/mol. The minimum absolute atomic E-state index is 0. The normalized spacial score (nSPS) is 13.1. The summed E-state index contributed by atoms with van der Waals surface area (Å²) in [6, 6.07) is 1.83. The first-order valence-electron chi connectivity index (χ1n) is 4.88. The highest BCUT2D eigenvalue weighted by atomic mass is 127. The van der Waals surface area contributed by atoms with Gasteiger partial charge in [-0.05, 0) is 38.5 Å². The van der Waals surface area contributed by atoms with E-state index in [1.54, 1.807) is 19.3 Å². The molecule has 2 N–H and O–H groups in total. The van der Waals surface area contributed by atoms with Gasteiger partial charge >= 0.3 is 0 Å². The predicted molar refractivity (Wildman–Crippen MR) is 73.1 cm³/mol. The van der Waals surface area contributed by atoms with E-state index in [0.29, 0.717) is 0 Å². The molecule has 4 nitrogen and oxygen atoms in total. The number of aromatic amines is 1. The molecular formula is C10H20IN3O. The van der Waals surface area contributed by atoms with Crippen molar-refractivity contribution in [3.63, 3.8) is 0 Å². The van der Waals surface area contributed by atoms with Crippen LogP contribution >= 0.6 is 24.0 Å². The highest BCUT2D eigenvalue weighted by Gasteiger charge is 1.94. The van der Waals surface area contributed by atoms with Gasteiger partial charge in [0, 0.05) is 25.6 Å². The molecule has 0 spiro atoms. The van der Waals surface area contributed by atoms with E-state index >= 15 is 0 Å². The number of ether oxygens (including phenoxy) is 1. The smallest absolute Gasteiger partial charge is 0.0487 e. The number of halogens is 1. The summed E-state index contributed by atoms with van der Waals surface area (Å²) in [6.07, 6.45) is 8.64. The topological polar surface area (TPSA) is 61.8 Å². The zero-order chi connectivity index (χ0) is 10.5.